The second-order valence-electron chi connectivity index (χ2n) is 7.82. The summed E-state index contributed by atoms with van der Waals surface area (Å²) >= 11 is 0. The van der Waals surface area contributed by atoms with Gasteiger partial charge in [0.05, 0.1) is 29.9 Å². The first-order chi connectivity index (χ1) is 15.7. The number of hydrogen-bond acceptors (Lipinski definition) is 3. The third-order valence-electron chi connectivity index (χ3n) is 5.57. The maximum absolute atomic E-state index is 5.32. The molecule has 0 fully saturated rings. The van der Waals surface area contributed by atoms with Gasteiger partial charge in [0.2, 0.25) is 0 Å². The molecule has 6 rings (SSSR count). The molecule has 0 radical (unpaired) electrons. The SMILES string of the molecule is COc1ccc(-c2cc3cc4nc(cc5ccc(cc6nc(cc2[nH]3)C=C6)[nH]5)C=C4)cc1.[Al+3].[Cl-].[Cl-].[Cl-]. The van der Waals surface area contributed by atoms with E-state index in [9.17, 15) is 0 Å². The monoisotopic (exact) mass is 548 g/mol. The van der Waals surface area contributed by atoms with Crippen molar-refractivity contribution in [3.8, 4) is 16.9 Å². The van der Waals surface area contributed by atoms with E-state index in [1.807, 2.05) is 48.6 Å². The molecule has 36 heavy (non-hydrogen) atoms. The van der Waals surface area contributed by atoms with Crippen molar-refractivity contribution in [1.29, 1.82) is 0 Å². The minimum atomic E-state index is 0. The van der Waals surface area contributed by atoms with Crippen molar-refractivity contribution in [2.45, 2.75) is 0 Å². The molecule has 3 aromatic heterocycles. The molecule has 0 saturated carbocycles. The molecular formula is C27H20AlCl3N4O. The zero-order chi connectivity index (χ0) is 21.5. The van der Waals surface area contributed by atoms with E-state index in [1.165, 1.54) is 0 Å². The average Bonchev–Trinajstić information content (AvgIpc) is 3.59. The van der Waals surface area contributed by atoms with Gasteiger partial charge in [-0.3, -0.25) is 0 Å². The minimum Gasteiger partial charge on any atom is -1.00 e. The Morgan fingerprint density at radius 2 is 1.08 bits per heavy atom. The number of hydrogen-bond donors (Lipinski definition) is 2. The number of nitrogens with one attached hydrogen (secondary N) is 2. The number of H-pyrrole nitrogens is 2. The number of ether oxygens (including phenoxy) is 1. The Balaban J connectivity index is 0.00000114. The van der Waals surface area contributed by atoms with Gasteiger partial charge in [0, 0.05) is 27.6 Å². The Labute approximate surface area is 238 Å². The second-order valence-corrected chi connectivity index (χ2v) is 7.82. The zero-order valence-electron chi connectivity index (χ0n) is 19.2. The largest absolute Gasteiger partial charge is 3.00 e. The Hall–Kier alpha value is -2.98. The fourth-order valence-corrected chi connectivity index (χ4v) is 4.03. The molecular weight excluding hydrogens is 530 g/mol. The summed E-state index contributed by atoms with van der Waals surface area (Å²) in [4.78, 5) is 16.5. The van der Waals surface area contributed by atoms with Gasteiger partial charge in [-0.05, 0) is 84.5 Å². The first-order valence-corrected chi connectivity index (χ1v) is 10.4. The summed E-state index contributed by atoms with van der Waals surface area (Å²) in [5, 5.41) is 0. The van der Waals surface area contributed by atoms with Crippen molar-refractivity contribution < 1.29 is 42.0 Å². The summed E-state index contributed by atoms with van der Waals surface area (Å²) in [6, 6.07) is 22.6. The summed E-state index contributed by atoms with van der Waals surface area (Å²) in [6.07, 6.45) is 8.12. The van der Waals surface area contributed by atoms with E-state index < -0.39 is 0 Å². The van der Waals surface area contributed by atoms with E-state index in [0.29, 0.717) is 0 Å². The number of methoxy groups -OCH3 is 1. The summed E-state index contributed by atoms with van der Waals surface area (Å²) in [5.74, 6) is 0.835. The van der Waals surface area contributed by atoms with E-state index >= 15 is 0 Å². The summed E-state index contributed by atoms with van der Waals surface area (Å²) in [5.41, 5.74) is 9.84. The third-order valence-corrected chi connectivity index (χ3v) is 5.57. The van der Waals surface area contributed by atoms with Crippen molar-refractivity contribution in [3.05, 3.63) is 89.5 Å². The van der Waals surface area contributed by atoms with Crippen LogP contribution in [0.2, 0.25) is 0 Å². The van der Waals surface area contributed by atoms with Crippen LogP contribution >= 0.6 is 0 Å². The molecule has 5 heterocycles. The van der Waals surface area contributed by atoms with E-state index in [2.05, 4.69) is 52.4 Å². The second kappa shape index (κ2) is 12.3. The molecule has 5 nitrogen and oxygen atoms in total. The minimum absolute atomic E-state index is 0. The molecule has 0 aliphatic carbocycles. The molecule has 0 saturated heterocycles. The number of nitrogens with zero attached hydrogens (tertiary/aromatic N) is 2. The first kappa shape index (κ1) is 29.3. The van der Waals surface area contributed by atoms with Crippen LogP contribution in [0.3, 0.4) is 0 Å². The van der Waals surface area contributed by atoms with Crippen molar-refractivity contribution in [2.24, 2.45) is 0 Å². The van der Waals surface area contributed by atoms with Gasteiger partial charge in [0.25, 0.3) is 0 Å². The van der Waals surface area contributed by atoms with Crippen molar-refractivity contribution in [2.75, 3.05) is 7.11 Å². The van der Waals surface area contributed by atoms with Gasteiger partial charge in [0.1, 0.15) is 5.75 Å². The normalized spacial score (nSPS) is 10.9. The van der Waals surface area contributed by atoms with Crippen LogP contribution in [-0.4, -0.2) is 44.4 Å². The van der Waals surface area contributed by atoms with Gasteiger partial charge < -0.3 is 51.9 Å². The zero-order valence-corrected chi connectivity index (χ0v) is 22.6. The number of halogens is 3. The Kier molecular flexibility index (Phi) is 10.0. The number of rotatable bonds is 2. The molecule has 9 heteroatoms. The molecule has 2 aliphatic heterocycles. The fraction of sp³-hybridized carbons (Fsp3) is 0.0370. The van der Waals surface area contributed by atoms with Gasteiger partial charge >= 0.3 is 17.4 Å². The van der Waals surface area contributed by atoms with Crippen molar-refractivity contribution in [1.82, 2.24) is 19.9 Å². The molecule has 8 bridgehead atoms. The van der Waals surface area contributed by atoms with Crippen LogP contribution in [0.25, 0.3) is 57.5 Å². The fourth-order valence-electron chi connectivity index (χ4n) is 4.03. The summed E-state index contributed by atoms with van der Waals surface area (Å²) < 4.78 is 5.32. The maximum atomic E-state index is 5.32. The first-order valence-electron chi connectivity index (χ1n) is 10.4. The summed E-state index contributed by atoms with van der Waals surface area (Å²) in [7, 11) is 1.68. The quantitative estimate of drug-likeness (QED) is 0.226. The predicted octanol–water partition coefficient (Wildman–Crippen LogP) is -3.04. The van der Waals surface area contributed by atoms with E-state index in [1.54, 1.807) is 7.11 Å². The van der Waals surface area contributed by atoms with Crippen LogP contribution in [0.4, 0.5) is 0 Å². The molecule has 0 spiro atoms. The van der Waals surface area contributed by atoms with Crippen molar-refractivity contribution >= 4 is 63.7 Å². The predicted molar refractivity (Wildman–Crippen MR) is 137 cm³/mol. The molecule has 1 aromatic carbocycles. The topological polar surface area (TPSA) is 66.6 Å². The average molecular weight is 550 g/mol. The van der Waals surface area contributed by atoms with Gasteiger partial charge in [-0.15, -0.1) is 0 Å². The number of aromatic nitrogens is 4. The van der Waals surface area contributed by atoms with Crippen LogP contribution < -0.4 is 42.0 Å². The van der Waals surface area contributed by atoms with Crippen LogP contribution in [0, 0.1) is 0 Å². The van der Waals surface area contributed by atoms with Gasteiger partial charge in [0.15, 0.2) is 0 Å². The standard InChI is InChI=1S/C27H20N4O.Al.3ClH/c1-32-25-10-2-17(3-11-25)26-15-24-14-22-7-6-20(29-22)12-18-4-5-19(28-18)13-21-8-9-23(30-21)16-27(26)31-24;;;;/h2-16,28,31H,1H3;;3*1H/q;+3;;;/p-3. The Morgan fingerprint density at radius 3 is 1.61 bits per heavy atom. The van der Waals surface area contributed by atoms with E-state index in [0.717, 1.165) is 61.7 Å². The summed E-state index contributed by atoms with van der Waals surface area (Å²) in [6.45, 7) is 0. The van der Waals surface area contributed by atoms with Crippen molar-refractivity contribution in [3.63, 3.8) is 0 Å². The molecule has 4 aromatic rings. The van der Waals surface area contributed by atoms with Gasteiger partial charge in [-0.1, -0.05) is 12.1 Å². The van der Waals surface area contributed by atoms with Crippen LogP contribution in [0.1, 0.15) is 22.8 Å². The third kappa shape index (κ3) is 6.04. The van der Waals surface area contributed by atoms with Crippen LogP contribution in [0.15, 0.2) is 66.7 Å². The van der Waals surface area contributed by atoms with Gasteiger partial charge in [-0.2, -0.15) is 0 Å². The maximum Gasteiger partial charge on any atom is 3.00 e. The molecule has 2 N–H and O–H groups in total. The number of benzene rings is 1. The number of fused-ring (bicyclic) bond motifs is 8. The Morgan fingerprint density at radius 1 is 0.583 bits per heavy atom. The van der Waals surface area contributed by atoms with E-state index in [-0.39, 0.29) is 54.6 Å². The molecule has 0 atom stereocenters. The van der Waals surface area contributed by atoms with Gasteiger partial charge in [-0.25, -0.2) is 9.97 Å². The molecule has 0 unspecified atom stereocenters. The number of aromatic amines is 2. The molecule has 2 aliphatic rings. The Bertz CT molecular complexity index is 1570. The van der Waals surface area contributed by atoms with E-state index in [4.69, 9.17) is 14.7 Å². The molecule has 178 valence electrons. The smallest absolute Gasteiger partial charge is 1.00 e. The molecule has 0 amide bonds. The van der Waals surface area contributed by atoms with Crippen LogP contribution in [0.5, 0.6) is 5.75 Å². The van der Waals surface area contributed by atoms with Crippen LogP contribution in [-0.2, 0) is 0 Å².